The number of hydrogen-bond acceptors (Lipinski definition) is 4. The van der Waals surface area contributed by atoms with Crippen molar-refractivity contribution in [1.29, 1.82) is 0 Å². The summed E-state index contributed by atoms with van der Waals surface area (Å²) in [5.41, 5.74) is 1.57. The normalized spacial score (nSPS) is 24.1. The molecule has 2 aliphatic rings. The first-order valence-electron chi connectivity index (χ1n) is 9.00. The van der Waals surface area contributed by atoms with Crippen molar-refractivity contribution in [2.45, 2.75) is 24.6 Å². The van der Waals surface area contributed by atoms with Gasteiger partial charge in [-0.1, -0.05) is 30.0 Å². The molecule has 2 fully saturated rings. The third kappa shape index (κ3) is 4.20. The summed E-state index contributed by atoms with van der Waals surface area (Å²) in [6.45, 7) is 1.64. The summed E-state index contributed by atoms with van der Waals surface area (Å²) in [5.74, 6) is -1.29. The number of hydrogen-bond donors (Lipinski definition) is 0. The van der Waals surface area contributed by atoms with E-state index < -0.39 is 27.6 Å². The Bertz CT molecular complexity index is 1100. The van der Waals surface area contributed by atoms with Crippen molar-refractivity contribution in [3.63, 3.8) is 0 Å². The lowest BCUT2D eigenvalue weighted by Gasteiger charge is -2.24. The van der Waals surface area contributed by atoms with Crippen LogP contribution in [-0.4, -0.2) is 42.3 Å². The van der Waals surface area contributed by atoms with Gasteiger partial charge in [-0.05, 0) is 42.3 Å². The number of nitrogens with zero attached hydrogens (tertiary/aromatic N) is 2. The second-order valence-electron chi connectivity index (χ2n) is 7.20. The minimum Gasteiger partial charge on any atom is -0.315 e. The molecule has 1 amide bonds. The summed E-state index contributed by atoms with van der Waals surface area (Å²) < 4.78 is 51.4. The quantitative estimate of drug-likeness (QED) is 0.740. The van der Waals surface area contributed by atoms with Crippen LogP contribution in [0.3, 0.4) is 0 Å². The number of benzene rings is 2. The Labute approximate surface area is 171 Å². The largest absolute Gasteiger partial charge is 0.315 e. The van der Waals surface area contributed by atoms with E-state index in [1.165, 1.54) is 42.1 Å². The van der Waals surface area contributed by atoms with E-state index in [0.717, 1.165) is 0 Å². The average molecular weight is 437 g/mol. The van der Waals surface area contributed by atoms with Gasteiger partial charge in [0.2, 0.25) is 0 Å². The number of amides is 1. The maximum absolute atomic E-state index is 14.1. The first-order chi connectivity index (χ1) is 13.7. The van der Waals surface area contributed by atoms with Gasteiger partial charge >= 0.3 is 0 Å². The number of carbonyl (C=O) groups is 1. The highest BCUT2D eigenvalue weighted by Gasteiger charge is 2.49. The molecule has 2 saturated heterocycles. The van der Waals surface area contributed by atoms with E-state index in [2.05, 4.69) is 4.99 Å². The maximum atomic E-state index is 14.1. The van der Waals surface area contributed by atoms with E-state index in [4.69, 9.17) is 0 Å². The van der Waals surface area contributed by atoms with Crippen molar-refractivity contribution >= 4 is 38.4 Å². The van der Waals surface area contributed by atoms with Gasteiger partial charge in [0.1, 0.15) is 11.6 Å². The zero-order valence-corrected chi connectivity index (χ0v) is 17.1. The minimum absolute atomic E-state index is 0.00164. The lowest BCUT2D eigenvalue weighted by Crippen LogP contribution is -2.37. The number of halogens is 2. The first kappa shape index (κ1) is 20.0. The second kappa shape index (κ2) is 7.53. The number of anilines is 1. The predicted octanol–water partition coefficient (Wildman–Crippen LogP) is 3.12. The van der Waals surface area contributed by atoms with Crippen molar-refractivity contribution in [3.05, 3.63) is 65.2 Å². The maximum Gasteiger partial charge on any atom is 0.252 e. The lowest BCUT2D eigenvalue weighted by atomic mass is 10.1. The molecule has 0 aliphatic carbocycles. The van der Waals surface area contributed by atoms with Gasteiger partial charge in [-0.15, -0.1) is 0 Å². The van der Waals surface area contributed by atoms with Crippen LogP contribution in [0.2, 0.25) is 0 Å². The number of aliphatic imine (C=N–C) groups is 1. The number of fused-ring (bicyclic) bond motifs is 1. The molecular weight excluding hydrogens is 418 g/mol. The van der Waals surface area contributed by atoms with Crippen LogP contribution in [-0.2, 0) is 21.1 Å². The molecule has 29 heavy (non-hydrogen) atoms. The Kier molecular flexibility index (Phi) is 5.20. The number of sulfone groups is 1. The van der Waals surface area contributed by atoms with Gasteiger partial charge in [0, 0.05) is 10.9 Å². The van der Waals surface area contributed by atoms with E-state index in [1.54, 1.807) is 24.0 Å². The molecule has 0 radical (unpaired) electrons. The van der Waals surface area contributed by atoms with Crippen LogP contribution in [0, 0.1) is 18.6 Å². The Morgan fingerprint density at radius 2 is 1.90 bits per heavy atom. The van der Waals surface area contributed by atoms with E-state index in [1.807, 2.05) is 0 Å². The zero-order chi connectivity index (χ0) is 20.8. The SMILES string of the molecule is Cc1ccc(N2C(=NC(=O)Cc3ccc(F)cc3)S[C@H]3CS(=O)(=O)C[C@H]32)cc1F. The molecule has 0 saturated carbocycles. The molecule has 2 aliphatic heterocycles. The summed E-state index contributed by atoms with van der Waals surface area (Å²) in [7, 11) is -3.20. The van der Waals surface area contributed by atoms with Crippen molar-refractivity contribution in [2.75, 3.05) is 16.4 Å². The summed E-state index contributed by atoms with van der Waals surface area (Å²) in [6.07, 6.45) is -0.00588. The van der Waals surface area contributed by atoms with Crippen molar-refractivity contribution < 1.29 is 22.0 Å². The van der Waals surface area contributed by atoms with Gasteiger partial charge in [0.25, 0.3) is 5.91 Å². The van der Waals surface area contributed by atoms with Crippen molar-refractivity contribution in [1.82, 2.24) is 0 Å². The molecule has 4 rings (SSSR count). The third-order valence-electron chi connectivity index (χ3n) is 4.99. The number of amidine groups is 1. The molecule has 9 heteroatoms. The van der Waals surface area contributed by atoms with E-state index >= 15 is 0 Å². The van der Waals surface area contributed by atoms with E-state index in [0.29, 0.717) is 22.0 Å². The molecule has 0 spiro atoms. The summed E-state index contributed by atoms with van der Waals surface area (Å²) >= 11 is 1.23. The van der Waals surface area contributed by atoms with Gasteiger partial charge in [0.15, 0.2) is 15.0 Å². The summed E-state index contributed by atoms with van der Waals surface area (Å²) in [6, 6.07) is 9.84. The predicted molar refractivity (Wildman–Crippen MR) is 110 cm³/mol. The fourth-order valence-corrected chi connectivity index (χ4v) is 7.45. The monoisotopic (exact) mass is 436 g/mol. The highest BCUT2D eigenvalue weighted by atomic mass is 32.2. The molecule has 2 aromatic rings. The Morgan fingerprint density at radius 3 is 2.59 bits per heavy atom. The molecule has 152 valence electrons. The standard InChI is InChI=1S/C20H18F2N2O3S2/c1-12-2-7-15(9-16(12)22)24-17-10-29(26,27)11-18(17)28-20(24)23-19(25)8-13-3-5-14(21)6-4-13/h2-7,9,17-18H,8,10-11H2,1H3/t17-,18+/m1/s1. The molecule has 0 unspecified atom stereocenters. The van der Waals surface area contributed by atoms with E-state index in [-0.39, 0.29) is 29.0 Å². The van der Waals surface area contributed by atoms with Crippen molar-refractivity contribution in [2.24, 2.45) is 4.99 Å². The molecule has 2 heterocycles. The topological polar surface area (TPSA) is 66.8 Å². The fourth-order valence-electron chi connectivity index (χ4n) is 3.52. The van der Waals surface area contributed by atoms with Crippen LogP contribution in [0.15, 0.2) is 47.5 Å². The first-order valence-corrected chi connectivity index (χ1v) is 11.7. The number of thioether (sulfide) groups is 1. The molecular formula is C20H18F2N2O3S2. The molecule has 5 nitrogen and oxygen atoms in total. The Morgan fingerprint density at radius 1 is 1.17 bits per heavy atom. The Balaban J connectivity index is 1.65. The average Bonchev–Trinajstić information content (AvgIpc) is 3.10. The van der Waals surface area contributed by atoms with Crippen LogP contribution in [0.4, 0.5) is 14.5 Å². The number of rotatable bonds is 3. The van der Waals surface area contributed by atoms with Crippen LogP contribution in [0.1, 0.15) is 11.1 Å². The van der Waals surface area contributed by atoms with Gasteiger partial charge in [0.05, 0.1) is 24.0 Å². The van der Waals surface area contributed by atoms with Crippen LogP contribution < -0.4 is 4.90 Å². The summed E-state index contributed by atoms with van der Waals surface area (Å²) in [5, 5.41) is 0.104. The van der Waals surface area contributed by atoms with Gasteiger partial charge < -0.3 is 4.90 Å². The molecule has 0 bridgehead atoms. The molecule has 0 aromatic heterocycles. The van der Waals surface area contributed by atoms with Gasteiger partial charge in [-0.2, -0.15) is 4.99 Å². The Hall–Kier alpha value is -2.26. The van der Waals surface area contributed by atoms with Crippen molar-refractivity contribution in [3.8, 4) is 0 Å². The highest BCUT2D eigenvalue weighted by Crippen LogP contribution is 2.41. The molecule has 0 N–H and O–H groups in total. The van der Waals surface area contributed by atoms with Crippen LogP contribution in [0.25, 0.3) is 0 Å². The van der Waals surface area contributed by atoms with Crippen LogP contribution >= 0.6 is 11.8 Å². The number of carbonyl (C=O) groups excluding carboxylic acids is 1. The van der Waals surface area contributed by atoms with Gasteiger partial charge in [-0.25, -0.2) is 17.2 Å². The van der Waals surface area contributed by atoms with Crippen LogP contribution in [0.5, 0.6) is 0 Å². The molecule has 2 atom stereocenters. The third-order valence-corrected chi connectivity index (χ3v) is 8.20. The second-order valence-corrected chi connectivity index (χ2v) is 10.6. The molecule has 2 aromatic carbocycles. The van der Waals surface area contributed by atoms with Gasteiger partial charge in [-0.3, -0.25) is 4.79 Å². The fraction of sp³-hybridized carbons (Fsp3) is 0.300. The minimum atomic E-state index is -3.20. The highest BCUT2D eigenvalue weighted by molar-refractivity contribution is 8.16. The van der Waals surface area contributed by atoms with E-state index in [9.17, 15) is 22.0 Å². The lowest BCUT2D eigenvalue weighted by molar-refractivity contribution is -0.117. The summed E-state index contributed by atoms with van der Waals surface area (Å²) in [4.78, 5) is 18.3. The smallest absolute Gasteiger partial charge is 0.252 e. The zero-order valence-electron chi connectivity index (χ0n) is 15.5. The number of aryl methyl sites for hydroxylation is 1.